The summed E-state index contributed by atoms with van der Waals surface area (Å²) >= 11 is 0. The van der Waals surface area contributed by atoms with E-state index in [9.17, 15) is 4.79 Å². The van der Waals surface area contributed by atoms with Crippen LogP contribution in [-0.4, -0.2) is 21.5 Å². The molecule has 3 aromatic rings. The fourth-order valence-electron chi connectivity index (χ4n) is 3.88. The number of hydrogen-bond donors (Lipinski definition) is 1. The molecule has 2 amide bonds. The summed E-state index contributed by atoms with van der Waals surface area (Å²) in [5.41, 5.74) is 6.71. The second-order valence-electron chi connectivity index (χ2n) is 8.93. The van der Waals surface area contributed by atoms with Gasteiger partial charge >= 0.3 is 6.03 Å². The topological polar surface area (TPSA) is 37.3 Å². The average Bonchev–Trinajstić information content (AvgIpc) is 3.15. The number of aromatic nitrogens is 1. The van der Waals surface area contributed by atoms with Crippen LogP contribution in [0.1, 0.15) is 48.7 Å². The molecule has 0 aliphatic heterocycles. The molecule has 0 fully saturated rings. The van der Waals surface area contributed by atoms with Crippen LogP contribution in [0.5, 0.6) is 0 Å². The third-order valence-corrected chi connectivity index (χ3v) is 6.12. The van der Waals surface area contributed by atoms with E-state index >= 15 is 0 Å². The van der Waals surface area contributed by atoms with Gasteiger partial charge in [0.25, 0.3) is 0 Å². The van der Waals surface area contributed by atoms with E-state index in [2.05, 4.69) is 80.2 Å². The van der Waals surface area contributed by atoms with Gasteiger partial charge in [-0.3, -0.25) is 0 Å². The predicted molar refractivity (Wildman–Crippen MR) is 129 cm³/mol. The molecule has 2 aromatic carbocycles. The molecule has 4 nitrogen and oxygen atoms in total. The van der Waals surface area contributed by atoms with E-state index < -0.39 is 0 Å². The zero-order valence-corrected chi connectivity index (χ0v) is 19.6. The van der Waals surface area contributed by atoms with E-state index in [0.29, 0.717) is 12.5 Å². The summed E-state index contributed by atoms with van der Waals surface area (Å²) in [6.45, 7) is 14.0. The number of nitrogens with one attached hydrogen (secondary N) is 1. The molecule has 31 heavy (non-hydrogen) atoms. The van der Waals surface area contributed by atoms with E-state index in [1.165, 1.54) is 11.1 Å². The molecule has 0 aliphatic rings. The Morgan fingerprint density at radius 3 is 2.29 bits per heavy atom. The van der Waals surface area contributed by atoms with Crippen LogP contribution < -0.4 is 5.32 Å². The van der Waals surface area contributed by atoms with Crippen LogP contribution in [0.2, 0.25) is 0 Å². The van der Waals surface area contributed by atoms with Crippen molar-refractivity contribution in [3.05, 3.63) is 88.7 Å². The zero-order valence-electron chi connectivity index (χ0n) is 19.6. The van der Waals surface area contributed by atoms with Gasteiger partial charge in [-0.1, -0.05) is 61.9 Å². The van der Waals surface area contributed by atoms with Gasteiger partial charge < -0.3 is 14.8 Å². The summed E-state index contributed by atoms with van der Waals surface area (Å²) in [6, 6.07) is 18.9. The van der Waals surface area contributed by atoms with Crippen LogP contribution in [0.4, 0.5) is 10.5 Å². The highest BCUT2D eigenvalue weighted by atomic mass is 16.2. The molecule has 0 saturated carbocycles. The van der Waals surface area contributed by atoms with Crippen molar-refractivity contribution in [2.45, 2.75) is 60.7 Å². The lowest BCUT2D eigenvalue weighted by Gasteiger charge is -2.32. The Morgan fingerprint density at radius 2 is 1.65 bits per heavy atom. The minimum Gasteiger partial charge on any atom is -0.345 e. The van der Waals surface area contributed by atoms with E-state index in [1.807, 2.05) is 36.9 Å². The summed E-state index contributed by atoms with van der Waals surface area (Å²) in [4.78, 5) is 15.4. The van der Waals surface area contributed by atoms with Crippen LogP contribution in [-0.2, 0) is 13.1 Å². The van der Waals surface area contributed by atoms with E-state index in [4.69, 9.17) is 0 Å². The number of aryl methyl sites for hydroxylation is 3. The molecule has 164 valence electrons. The third-order valence-electron chi connectivity index (χ3n) is 6.12. The molecule has 0 radical (unpaired) electrons. The number of benzene rings is 2. The van der Waals surface area contributed by atoms with Crippen LogP contribution in [0.25, 0.3) is 0 Å². The number of hydrogen-bond acceptors (Lipinski definition) is 1. The first-order valence-electron chi connectivity index (χ1n) is 11.1. The number of rotatable bonds is 7. The van der Waals surface area contributed by atoms with Gasteiger partial charge in [0.2, 0.25) is 0 Å². The molecule has 4 heteroatoms. The van der Waals surface area contributed by atoms with Gasteiger partial charge in [0, 0.05) is 30.2 Å². The van der Waals surface area contributed by atoms with Crippen molar-refractivity contribution in [3.8, 4) is 0 Å². The van der Waals surface area contributed by atoms with E-state index in [0.717, 1.165) is 29.1 Å². The Morgan fingerprint density at radius 1 is 0.968 bits per heavy atom. The van der Waals surface area contributed by atoms with Gasteiger partial charge in [-0.2, -0.15) is 0 Å². The molecule has 0 bridgehead atoms. The largest absolute Gasteiger partial charge is 0.345 e. The van der Waals surface area contributed by atoms with Crippen LogP contribution >= 0.6 is 0 Å². The fourth-order valence-corrected chi connectivity index (χ4v) is 3.88. The minimum absolute atomic E-state index is 0.0538. The highest BCUT2D eigenvalue weighted by Gasteiger charge is 2.24. The smallest absolute Gasteiger partial charge is 0.322 e. The van der Waals surface area contributed by atoms with Gasteiger partial charge in [-0.25, -0.2) is 4.79 Å². The molecule has 0 spiro atoms. The van der Waals surface area contributed by atoms with Gasteiger partial charge in [0.15, 0.2) is 0 Å². The van der Waals surface area contributed by atoms with Crippen LogP contribution in [0, 0.1) is 26.7 Å². The fraction of sp³-hybridized carbons (Fsp3) is 0.370. The van der Waals surface area contributed by atoms with Gasteiger partial charge in [0.1, 0.15) is 0 Å². The molecule has 0 aliphatic carbocycles. The Hall–Kier alpha value is -3.01. The van der Waals surface area contributed by atoms with Gasteiger partial charge in [-0.15, -0.1) is 0 Å². The summed E-state index contributed by atoms with van der Waals surface area (Å²) in [7, 11) is 0. The summed E-state index contributed by atoms with van der Waals surface area (Å²) in [5.74, 6) is 0.351. The van der Waals surface area contributed by atoms with Crippen LogP contribution in [0.3, 0.4) is 0 Å². The summed E-state index contributed by atoms with van der Waals surface area (Å²) in [5, 5.41) is 3.18. The van der Waals surface area contributed by atoms with Crippen molar-refractivity contribution in [2.24, 2.45) is 5.92 Å². The number of carbonyl (C=O) groups excluding carboxylic acids is 1. The predicted octanol–water partition coefficient (Wildman–Crippen LogP) is 6.54. The molecule has 0 saturated heterocycles. The lowest BCUT2D eigenvalue weighted by atomic mass is 10.0. The molecule has 1 unspecified atom stereocenters. The van der Waals surface area contributed by atoms with E-state index in [-0.39, 0.29) is 12.1 Å². The SMILES string of the molecule is Cc1cccc(Cn2cccc2CN(C(=O)Nc2c(C)cccc2C)C(C)C(C)C)c1. The number of carbonyl (C=O) groups is 1. The Kier molecular flexibility index (Phi) is 7.21. The highest BCUT2D eigenvalue weighted by molar-refractivity contribution is 5.91. The molecule has 3 rings (SSSR count). The van der Waals surface area contributed by atoms with Crippen molar-refractivity contribution < 1.29 is 4.79 Å². The van der Waals surface area contributed by atoms with E-state index in [1.54, 1.807) is 0 Å². The van der Waals surface area contributed by atoms with Gasteiger partial charge in [0.05, 0.1) is 6.54 Å². The number of amides is 2. The monoisotopic (exact) mass is 417 g/mol. The minimum atomic E-state index is -0.0538. The molecule has 1 aromatic heterocycles. The molecule has 1 N–H and O–H groups in total. The van der Waals surface area contributed by atoms with Crippen molar-refractivity contribution in [1.29, 1.82) is 0 Å². The van der Waals surface area contributed by atoms with Gasteiger partial charge in [-0.05, 0) is 62.4 Å². The number of urea groups is 1. The first-order valence-corrected chi connectivity index (χ1v) is 11.1. The number of nitrogens with zero attached hydrogens (tertiary/aromatic N) is 2. The second kappa shape index (κ2) is 9.86. The molecule has 1 atom stereocenters. The molecular weight excluding hydrogens is 382 g/mol. The maximum atomic E-state index is 13.4. The van der Waals surface area contributed by atoms with Crippen molar-refractivity contribution in [1.82, 2.24) is 9.47 Å². The Labute approximate surface area is 186 Å². The summed E-state index contributed by atoms with van der Waals surface area (Å²) in [6.07, 6.45) is 2.10. The second-order valence-corrected chi connectivity index (χ2v) is 8.93. The van der Waals surface area contributed by atoms with Crippen molar-refractivity contribution in [2.75, 3.05) is 5.32 Å². The third kappa shape index (κ3) is 5.57. The zero-order chi connectivity index (χ0) is 22.5. The number of anilines is 1. The highest BCUT2D eigenvalue weighted by Crippen LogP contribution is 2.23. The first kappa shape index (κ1) is 22.7. The first-order chi connectivity index (χ1) is 14.8. The quantitative estimate of drug-likeness (QED) is 0.465. The molecule has 1 heterocycles. The lowest BCUT2D eigenvalue weighted by molar-refractivity contribution is 0.168. The maximum absolute atomic E-state index is 13.4. The lowest BCUT2D eigenvalue weighted by Crippen LogP contribution is -2.44. The summed E-state index contributed by atoms with van der Waals surface area (Å²) < 4.78 is 2.24. The Balaban J connectivity index is 1.84. The van der Waals surface area contributed by atoms with Crippen molar-refractivity contribution in [3.63, 3.8) is 0 Å². The maximum Gasteiger partial charge on any atom is 0.322 e. The van der Waals surface area contributed by atoms with Crippen molar-refractivity contribution >= 4 is 11.7 Å². The molecular formula is C27H35N3O. The average molecular weight is 418 g/mol. The normalized spacial score (nSPS) is 12.1. The number of para-hydroxylation sites is 1. The Bertz CT molecular complexity index is 1010. The van der Waals surface area contributed by atoms with Crippen LogP contribution in [0.15, 0.2) is 60.8 Å². The standard InChI is InChI=1S/C27H35N3O/c1-19(2)23(6)30(27(31)28-26-21(4)11-8-12-22(26)5)18-25-14-9-15-29(25)17-24-13-7-10-20(3)16-24/h7-16,19,23H,17-18H2,1-6H3,(H,28,31).